The lowest BCUT2D eigenvalue weighted by Gasteiger charge is -2.31. The maximum Gasteiger partial charge on any atom is 0.00672 e. The van der Waals surface area contributed by atoms with E-state index in [0.29, 0.717) is 0 Å². The summed E-state index contributed by atoms with van der Waals surface area (Å²) in [5.74, 6) is 0.823. The van der Waals surface area contributed by atoms with Crippen molar-refractivity contribution in [2.45, 2.75) is 51.5 Å². The number of nitrogens with zero attached hydrogens (tertiary/aromatic N) is 1. The van der Waals surface area contributed by atoms with E-state index in [-0.39, 0.29) is 0 Å². The molecule has 15 heavy (non-hydrogen) atoms. The molecule has 0 aromatic rings. The molecule has 2 heteroatoms. The van der Waals surface area contributed by atoms with E-state index in [1.807, 2.05) is 0 Å². The molecule has 0 radical (unpaired) electrons. The average molecular weight is 210 g/mol. The lowest BCUT2D eigenvalue weighted by molar-refractivity contribution is 0.193. The van der Waals surface area contributed by atoms with E-state index < -0.39 is 0 Å². The van der Waals surface area contributed by atoms with Gasteiger partial charge in [0.05, 0.1) is 0 Å². The van der Waals surface area contributed by atoms with Crippen molar-refractivity contribution in [1.29, 1.82) is 0 Å². The maximum absolute atomic E-state index is 3.68. The number of piperidine rings is 1. The van der Waals surface area contributed by atoms with Crippen molar-refractivity contribution in [3.05, 3.63) is 0 Å². The van der Waals surface area contributed by atoms with Gasteiger partial charge in [-0.3, -0.25) is 0 Å². The minimum absolute atomic E-state index is 0.823. The Morgan fingerprint density at radius 1 is 1.13 bits per heavy atom. The third-order valence-electron chi connectivity index (χ3n) is 3.88. The lowest BCUT2D eigenvalue weighted by Crippen LogP contribution is -2.41. The van der Waals surface area contributed by atoms with E-state index in [1.165, 1.54) is 64.7 Å². The van der Waals surface area contributed by atoms with Crippen molar-refractivity contribution in [2.75, 3.05) is 26.2 Å². The first kappa shape index (κ1) is 11.4. The van der Waals surface area contributed by atoms with Crippen LogP contribution in [0, 0.1) is 5.92 Å². The first-order chi connectivity index (χ1) is 7.34. The second-order valence-electron chi connectivity index (χ2n) is 5.50. The van der Waals surface area contributed by atoms with Crippen molar-refractivity contribution < 1.29 is 0 Å². The third-order valence-corrected chi connectivity index (χ3v) is 3.88. The van der Waals surface area contributed by atoms with Gasteiger partial charge in [0.1, 0.15) is 0 Å². The van der Waals surface area contributed by atoms with Crippen molar-refractivity contribution in [3.8, 4) is 0 Å². The summed E-state index contributed by atoms with van der Waals surface area (Å²) in [6.07, 6.45) is 8.56. The third kappa shape index (κ3) is 3.76. The summed E-state index contributed by atoms with van der Waals surface area (Å²) in [7, 11) is 0. The second-order valence-corrected chi connectivity index (χ2v) is 5.50. The second kappa shape index (κ2) is 5.86. The molecular formula is C13H26N2. The molecule has 1 aliphatic heterocycles. The smallest absolute Gasteiger partial charge is 0.00672 e. The fourth-order valence-electron chi connectivity index (χ4n) is 2.63. The molecule has 1 saturated heterocycles. The zero-order valence-corrected chi connectivity index (χ0v) is 10.2. The van der Waals surface area contributed by atoms with E-state index >= 15 is 0 Å². The van der Waals surface area contributed by atoms with Gasteiger partial charge < -0.3 is 10.2 Å². The average Bonchev–Trinajstić information content (AvgIpc) is 2.17. The van der Waals surface area contributed by atoms with E-state index in [2.05, 4.69) is 17.1 Å². The highest BCUT2D eigenvalue weighted by Gasteiger charge is 2.18. The molecule has 0 aromatic heterocycles. The summed E-state index contributed by atoms with van der Waals surface area (Å²) in [5.41, 5.74) is 0. The number of hydrogen-bond donors (Lipinski definition) is 1. The van der Waals surface area contributed by atoms with Crippen LogP contribution >= 0.6 is 0 Å². The molecule has 1 unspecified atom stereocenters. The Kier molecular flexibility index (Phi) is 4.45. The molecule has 1 aliphatic carbocycles. The summed E-state index contributed by atoms with van der Waals surface area (Å²) in [6, 6.07) is 0.855. The van der Waals surface area contributed by atoms with E-state index in [0.717, 1.165) is 12.0 Å². The van der Waals surface area contributed by atoms with Crippen LogP contribution in [0.3, 0.4) is 0 Å². The summed E-state index contributed by atoms with van der Waals surface area (Å²) < 4.78 is 0. The minimum Gasteiger partial charge on any atom is -0.314 e. The fraction of sp³-hybridized carbons (Fsp3) is 1.00. The molecule has 2 fully saturated rings. The first-order valence-electron chi connectivity index (χ1n) is 6.80. The molecule has 1 atom stereocenters. The molecule has 88 valence electrons. The number of rotatable bonds is 5. The molecule has 0 aromatic carbocycles. The Morgan fingerprint density at radius 3 is 2.47 bits per heavy atom. The van der Waals surface area contributed by atoms with Crippen molar-refractivity contribution >= 4 is 0 Å². The summed E-state index contributed by atoms with van der Waals surface area (Å²) >= 11 is 0. The standard InChI is InChI=1S/C13H26N2/c1-12(10-14-13-6-5-7-13)11-15-8-3-2-4-9-15/h12-14H,2-11H2,1H3. The van der Waals surface area contributed by atoms with Gasteiger partial charge in [-0.2, -0.15) is 0 Å². The molecule has 2 rings (SSSR count). The Balaban J connectivity index is 1.56. The highest BCUT2D eigenvalue weighted by molar-refractivity contribution is 4.78. The van der Waals surface area contributed by atoms with Crippen LogP contribution in [-0.2, 0) is 0 Å². The zero-order valence-electron chi connectivity index (χ0n) is 10.2. The predicted octanol–water partition coefficient (Wildman–Crippen LogP) is 2.25. The van der Waals surface area contributed by atoms with E-state index in [9.17, 15) is 0 Å². The summed E-state index contributed by atoms with van der Waals surface area (Å²) in [6.45, 7) is 7.60. The first-order valence-corrected chi connectivity index (χ1v) is 6.80. The van der Waals surface area contributed by atoms with Crippen LogP contribution in [0.25, 0.3) is 0 Å². The van der Waals surface area contributed by atoms with Gasteiger partial charge in [0.25, 0.3) is 0 Å². The van der Waals surface area contributed by atoms with Gasteiger partial charge in [0.15, 0.2) is 0 Å². The Hall–Kier alpha value is -0.0800. The van der Waals surface area contributed by atoms with Crippen LogP contribution in [-0.4, -0.2) is 37.1 Å². The molecule has 0 bridgehead atoms. The SMILES string of the molecule is CC(CNC1CCC1)CN1CCCCC1. The van der Waals surface area contributed by atoms with Crippen LogP contribution in [0.1, 0.15) is 45.4 Å². The Morgan fingerprint density at radius 2 is 1.87 bits per heavy atom. The van der Waals surface area contributed by atoms with Crippen LogP contribution in [0.5, 0.6) is 0 Å². The molecular weight excluding hydrogens is 184 g/mol. The van der Waals surface area contributed by atoms with E-state index in [1.54, 1.807) is 0 Å². The fourth-order valence-corrected chi connectivity index (χ4v) is 2.63. The van der Waals surface area contributed by atoms with Crippen LogP contribution in [0.2, 0.25) is 0 Å². The highest BCUT2D eigenvalue weighted by Crippen LogP contribution is 2.18. The molecule has 1 heterocycles. The van der Waals surface area contributed by atoms with Gasteiger partial charge in [-0.25, -0.2) is 0 Å². The lowest BCUT2D eigenvalue weighted by atomic mass is 9.93. The van der Waals surface area contributed by atoms with Gasteiger partial charge in [-0.05, 0) is 51.2 Å². The molecule has 1 saturated carbocycles. The topological polar surface area (TPSA) is 15.3 Å². The normalized spacial score (nSPS) is 26.2. The van der Waals surface area contributed by atoms with Gasteiger partial charge in [0, 0.05) is 12.6 Å². The minimum atomic E-state index is 0.823. The Labute approximate surface area is 94.4 Å². The highest BCUT2D eigenvalue weighted by atomic mass is 15.1. The Bertz CT molecular complexity index is 171. The molecule has 1 N–H and O–H groups in total. The van der Waals surface area contributed by atoms with Gasteiger partial charge in [0.2, 0.25) is 0 Å². The number of hydrogen-bond acceptors (Lipinski definition) is 2. The van der Waals surface area contributed by atoms with E-state index in [4.69, 9.17) is 0 Å². The van der Waals surface area contributed by atoms with Crippen molar-refractivity contribution in [3.63, 3.8) is 0 Å². The van der Waals surface area contributed by atoms with Crippen LogP contribution in [0.4, 0.5) is 0 Å². The maximum atomic E-state index is 3.68. The molecule has 0 amide bonds. The summed E-state index contributed by atoms with van der Waals surface area (Å²) in [4.78, 5) is 2.65. The predicted molar refractivity (Wildman–Crippen MR) is 65.1 cm³/mol. The van der Waals surface area contributed by atoms with Crippen LogP contribution < -0.4 is 5.32 Å². The molecule has 2 aliphatic rings. The van der Waals surface area contributed by atoms with Gasteiger partial charge in [-0.15, -0.1) is 0 Å². The van der Waals surface area contributed by atoms with Crippen LogP contribution in [0.15, 0.2) is 0 Å². The zero-order chi connectivity index (χ0) is 10.5. The van der Waals surface area contributed by atoms with Gasteiger partial charge in [-0.1, -0.05) is 19.8 Å². The van der Waals surface area contributed by atoms with Crippen molar-refractivity contribution in [2.24, 2.45) is 5.92 Å². The monoisotopic (exact) mass is 210 g/mol. The number of likely N-dealkylation sites (tertiary alicyclic amines) is 1. The summed E-state index contributed by atoms with van der Waals surface area (Å²) in [5, 5.41) is 3.68. The largest absolute Gasteiger partial charge is 0.314 e. The van der Waals surface area contributed by atoms with Gasteiger partial charge >= 0.3 is 0 Å². The molecule has 2 nitrogen and oxygen atoms in total. The quantitative estimate of drug-likeness (QED) is 0.749. The van der Waals surface area contributed by atoms with Crippen molar-refractivity contribution in [1.82, 2.24) is 10.2 Å². The number of nitrogens with one attached hydrogen (secondary N) is 1. The molecule has 0 spiro atoms.